The Bertz CT molecular complexity index is 342. The van der Waals surface area contributed by atoms with Gasteiger partial charge in [-0.25, -0.2) is 0 Å². The molecule has 0 atom stereocenters. The van der Waals surface area contributed by atoms with Gasteiger partial charge in [0.1, 0.15) is 0 Å². The van der Waals surface area contributed by atoms with E-state index >= 15 is 0 Å². The minimum atomic E-state index is 0.00250. The highest BCUT2D eigenvalue weighted by Crippen LogP contribution is 2.22. The van der Waals surface area contributed by atoms with E-state index in [4.69, 9.17) is 0 Å². The third-order valence-electron chi connectivity index (χ3n) is 1.95. The predicted octanol–water partition coefficient (Wildman–Crippen LogP) is 2.33. The summed E-state index contributed by atoms with van der Waals surface area (Å²) in [6.45, 7) is 5.27. The first-order valence-electron chi connectivity index (χ1n) is 4.14. The fourth-order valence-corrected chi connectivity index (χ4v) is 1.15. The molecule has 0 heterocycles. The number of ketones is 1. The summed E-state index contributed by atoms with van der Waals surface area (Å²) in [5.41, 5.74) is 2.35. The topological polar surface area (TPSA) is 29.1 Å². The van der Waals surface area contributed by atoms with Crippen molar-refractivity contribution in [2.24, 2.45) is 0 Å². The van der Waals surface area contributed by atoms with Gasteiger partial charge in [-0.3, -0.25) is 4.79 Å². The van der Waals surface area contributed by atoms with Crippen LogP contribution in [-0.4, -0.2) is 12.8 Å². The number of benzene rings is 1. The van der Waals surface area contributed by atoms with Crippen molar-refractivity contribution in [2.75, 3.05) is 12.4 Å². The summed E-state index contributed by atoms with van der Waals surface area (Å²) in [5.74, 6) is 0.00250. The Morgan fingerprint density at radius 3 is 2.54 bits per heavy atom. The smallest absolute Gasteiger partial charge is 0.159 e. The number of nitrogens with one attached hydrogen (secondary N) is 1. The van der Waals surface area contributed by atoms with E-state index < -0.39 is 0 Å². The van der Waals surface area contributed by atoms with Crippen LogP contribution in [0.3, 0.4) is 0 Å². The highest BCUT2D eigenvalue weighted by Gasteiger charge is 2.07. The molecule has 0 fully saturated rings. The maximum Gasteiger partial charge on any atom is 0.159 e. The van der Waals surface area contributed by atoms with Gasteiger partial charge in [-0.1, -0.05) is 24.8 Å². The zero-order valence-corrected chi connectivity index (χ0v) is 7.92. The quantitative estimate of drug-likeness (QED) is 0.714. The molecular weight excluding hydrogens is 162 g/mol. The molecule has 0 aliphatic heterocycles. The van der Waals surface area contributed by atoms with Crippen LogP contribution >= 0.6 is 0 Å². The van der Waals surface area contributed by atoms with Gasteiger partial charge in [-0.05, 0) is 13.0 Å². The average molecular weight is 175 g/mol. The molecule has 0 radical (unpaired) electrons. The number of hydrogen-bond acceptors (Lipinski definition) is 2. The molecule has 1 aromatic carbocycles. The van der Waals surface area contributed by atoms with Crippen molar-refractivity contribution < 1.29 is 4.79 Å². The molecule has 0 aliphatic rings. The van der Waals surface area contributed by atoms with Crippen molar-refractivity contribution in [1.82, 2.24) is 0 Å². The molecule has 1 aromatic rings. The van der Waals surface area contributed by atoms with Crippen molar-refractivity contribution in [3.05, 3.63) is 36.4 Å². The van der Waals surface area contributed by atoms with E-state index in [0.29, 0.717) is 5.57 Å². The van der Waals surface area contributed by atoms with Crippen molar-refractivity contribution in [1.29, 1.82) is 0 Å². The Balaban J connectivity index is 3.13. The Kier molecular flexibility index (Phi) is 2.85. The average Bonchev–Trinajstić information content (AvgIpc) is 2.16. The minimum Gasteiger partial charge on any atom is -0.388 e. The molecule has 1 N–H and O–H groups in total. The first-order valence-corrected chi connectivity index (χ1v) is 4.14. The zero-order valence-electron chi connectivity index (χ0n) is 7.92. The molecule has 0 aromatic heterocycles. The number of rotatable bonds is 3. The highest BCUT2D eigenvalue weighted by atomic mass is 16.1. The van der Waals surface area contributed by atoms with E-state index in [-0.39, 0.29) is 5.78 Å². The summed E-state index contributed by atoms with van der Waals surface area (Å²) >= 11 is 0. The number of para-hydroxylation sites is 1. The summed E-state index contributed by atoms with van der Waals surface area (Å²) in [4.78, 5) is 11.1. The number of anilines is 1. The lowest BCUT2D eigenvalue weighted by Gasteiger charge is -2.08. The Hall–Kier alpha value is -1.57. The molecule has 0 aliphatic carbocycles. The maximum atomic E-state index is 11.1. The van der Waals surface area contributed by atoms with E-state index in [1.165, 1.54) is 6.92 Å². The van der Waals surface area contributed by atoms with Crippen molar-refractivity contribution in [2.45, 2.75) is 6.92 Å². The van der Waals surface area contributed by atoms with Crippen molar-refractivity contribution in [3.63, 3.8) is 0 Å². The van der Waals surface area contributed by atoms with E-state index in [1.54, 1.807) is 0 Å². The number of Topliss-reactive ketones (excluding diaryl/α,β-unsaturated/α-hetero) is 1. The van der Waals surface area contributed by atoms with E-state index in [9.17, 15) is 4.79 Å². The van der Waals surface area contributed by atoms with E-state index in [0.717, 1.165) is 11.3 Å². The molecule has 13 heavy (non-hydrogen) atoms. The Morgan fingerprint density at radius 2 is 2.00 bits per heavy atom. The van der Waals surface area contributed by atoms with Crippen LogP contribution in [0.1, 0.15) is 12.5 Å². The van der Waals surface area contributed by atoms with Crippen LogP contribution in [0.25, 0.3) is 5.57 Å². The van der Waals surface area contributed by atoms with Gasteiger partial charge in [0, 0.05) is 23.9 Å². The van der Waals surface area contributed by atoms with Crippen LogP contribution in [0.4, 0.5) is 5.69 Å². The number of carbonyl (C=O) groups is 1. The predicted molar refractivity (Wildman–Crippen MR) is 55.7 cm³/mol. The zero-order chi connectivity index (χ0) is 9.84. The minimum absolute atomic E-state index is 0.00250. The molecule has 68 valence electrons. The van der Waals surface area contributed by atoms with E-state index in [1.807, 2.05) is 31.3 Å². The van der Waals surface area contributed by atoms with Gasteiger partial charge in [0.2, 0.25) is 0 Å². The van der Waals surface area contributed by atoms with Crippen LogP contribution in [-0.2, 0) is 4.79 Å². The Labute approximate surface area is 78.3 Å². The number of carbonyl (C=O) groups excluding carboxylic acids is 1. The molecule has 2 heteroatoms. The summed E-state index contributed by atoms with van der Waals surface area (Å²) in [5, 5.41) is 3.02. The molecule has 0 unspecified atom stereocenters. The van der Waals surface area contributed by atoms with Crippen molar-refractivity contribution in [3.8, 4) is 0 Å². The summed E-state index contributed by atoms with van der Waals surface area (Å²) in [7, 11) is 1.83. The van der Waals surface area contributed by atoms with Crippen LogP contribution in [0.5, 0.6) is 0 Å². The first-order chi connectivity index (χ1) is 6.16. The molecule has 0 bridgehead atoms. The SMILES string of the molecule is C=C(C(C)=O)c1ccccc1NC. The third-order valence-corrected chi connectivity index (χ3v) is 1.95. The number of allylic oxidation sites excluding steroid dienone is 1. The van der Waals surface area contributed by atoms with Gasteiger partial charge in [0.15, 0.2) is 5.78 Å². The van der Waals surface area contributed by atoms with Crippen LogP contribution in [0, 0.1) is 0 Å². The van der Waals surface area contributed by atoms with Crippen LogP contribution < -0.4 is 5.32 Å². The monoisotopic (exact) mass is 175 g/mol. The largest absolute Gasteiger partial charge is 0.388 e. The van der Waals surface area contributed by atoms with Gasteiger partial charge < -0.3 is 5.32 Å². The lowest BCUT2D eigenvalue weighted by Crippen LogP contribution is -1.99. The van der Waals surface area contributed by atoms with Gasteiger partial charge >= 0.3 is 0 Å². The van der Waals surface area contributed by atoms with Crippen LogP contribution in [0.15, 0.2) is 30.8 Å². The fraction of sp³-hybridized carbons (Fsp3) is 0.182. The number of hydrogen-bond donors (Lipinski definition) is 1. The van der Waals surface area contributed by atoms with Gasteiger partial charge in [-0.15, -0.1) is 0 Å². The summed E-state index contributed by atoms with van der Waals surface area (Å²) < 4.78 is 0. The summed E-state index contributed by atoms with van der Waals surface area (Å²) in [6, 6.07) is 7.62. The molecule has 2 nitrogen and oxygen atoms in total. The molecular formula is C11H13NO. The standard InChI is InChI=1S/C11H13NO/c1-8(9(2)13)10-6-4-5-7-11(10)12-3/h4-7,12H,1H2,2-3H3. The summed E-state index contributed by atoms with van der Waals surface area (Å²) in [6.07, 6.45) is 0. The lowest BCUT2D eigenvalue weighted by atomic mass is 10.0. The van der Waals surface area contributed by atoms with Gasteiger partial charge in [-0.2, -0.15) is 0 Å². The maximum absolute atomic E-state index is 11.1. The molecule has 1 rings (SSSR count). The fourth-order valence-electron chi connectivity index (χ4n) is 1.15. The molecule has 0 spiro atoms. The second-order valence-corrected chi connectivity index (χ2v) is 2.83. The molecule has 0 saturated heterocycles. The molecule has 0 amide bonds. The third kappa shape index (κ3) is 1.96. The second kappa shape index (κ2) is 3.90. The normalized spacial score (nSPS) is 9.38. The van der Waals surface area contributed by atoms with Crippen molar-refractivity contribution >= 4 is 17.0 Å². The second-order valence-electron chi connectivity index (χ2n) is 2.83. The molecule has 0 saturated carbocycles. The lowest BCUT2D eigenvalue weighted by molar-refractivity contribution is -0.111. The van der Waals surface area contributed by atoms with Gasteiger partial charge in [0.05, 0.1) is 0 Å². The van der Waals surface area contributed by atoms with E-state index in [2.05, 4.69) is 11.9 Å². The Morgan fingerprint density at radius 1 is 1.38 bits per heavy atom. The first kappa shape index (κ1) is 9.52. The highest BCUT2D eigenvalue weighted by molar-refractivity contribution is 6.20. The van der Waals surface area contributed by atoms with Crippen LogP contribution in [0.2, 0.25) is 0 Å². The van der Waals surface area contributed by atoms with Gasteiger partial charge in [0.25, 0.3) is 0 Å².